The highest BCUT2D eigenvalue weighted by Crippen LogP contribution is 2.26. The summed E-state index contributed by atoms with van der Waals surface area (Å²) in [5, 5.41) is 68.3. The van der Waals surface area contributed by atoms with E-state index in [4.69, 9.17) is 9.47 Å². The zero-order valence-corrected chi connectivity index (χ0v) is 12.6. The molecule has 132 valence electrons. The molecule has 1 aromatic carbocycles. The quantitative estimate of drug-likeness (QED) is 0.277. The summed E-state index contributed by atoms with van der Waals surface area (Å²) >= 11 is 0. The minimum absolute atomic E-state index is 0.0468. The Morgan fingerprint density at radius 2 is 1.71 bits per heavy atom. The van der Waals surface area contributed by atoms with Gasteiger partial charge in [-0.25, -0.2) is 0 Å². The van der Waals surface area contributed by atoms with Gasteiger partial charge in [-0.05, 0) is 13.0 Å². The standard InChI is InChI=1S/C15H18O9/c1-5-11(9(16)10(17)14(20)23-5)24-7-4-2-3-6-8(7)13(19)15(21,22)12(6)18/h2-5,9-11,14,16-22H,1H3/t5?,9-,10-,11-,14+/m0/s1. The van der Waals surface area contributed by atoms with Crippen molar-refractivity contribution in [2.75, 3.05) is 0 Å². The Morgan fingerprint density at radius 1 is 1.04 bits per heavy atom. The Bertz CT molecular complexity index is 772. The van der Waals surface area contributed by atoms with Gasteiger partial charge in [0.25, 0.3) is 5.79 Å². The molecular formula is C15H18O9. The first-order chi connectivity index (χ1) is 11.2. The largest absolute Gasteiger partial charge is 0.506 e. The van der Waals surface area contributed by atoms with Crippen molar-refractivity contribution in [2.45, 2.75) is 43.4 Å². The Kier molecular flexibility index (Phi) is 3.95. The molecule has 2 aliphatic rings. The molecule has 0 radical (unpaired) electrons. The number of aliphatic hydroxyl groups is 7. The van der Waals surface area contributed by atoms with Crippen molar-refractivity contribution in [3.05, 3.63) is 28.6 Å². The summed E-state index contributed by atoms with van der Waals surface area (Å²) in [6.07, 6.45) is -6.60. The van der Waals surface area contributed by atoms with Crippen LogP contribution >= 0.6 is 0 Å². The van der Waals surface area contributed by atoms with Gasteiger partial charge in [0.05, 0.1) is 11.3 Å². The third-order valence-corrected chi connectivity index (χ3v) is 4.24. The average Bonchev–Trinajstić information content (AvgIpc) is 2.71. The van der Waals surface area contributed by atoms with E-state index < -0.39 is 48.0 Å². The molecule has 0 amide bonds. The molecule has 1 heterocycles. The maximum Gasteiger partial charge on any atom is 0.284 e. The molecule has 1 aromatic rings. The highest BCUT2D eigenvalue weighted by molar-refractivity contribution is 5.69. The molecule has 0 aromatic heterocycles. The van der Waals surface area contributed by atoms with Gasteiger partial charge in [-0.15, -0.1) is 0 Å². The summed E-state index contributed by atoms with van der Waals surface area (Å²) in [6.45, 7) is 1.50. The maximum atomic E-state index is 10.1. The van der Waals surface area contributed by atoms with E-state index in [1.807, 2.05) is 0 Å². The predicted octanol–water partition coefficient (Wildman–Crippen LogP) is -3.08. The fraction of sp³-hybridized carbons (Fsp3) is 0.467. The van der Waals surface area contributed by atoms with Gasteiger partial charge in [0.2, 0.25) is 0 Å². The molecule has 1 saturated heterocycles. The van der Waals surface area contributed by atoms with Gasteiger partial charge in [0.1, 0.15) is 18.0 Å². The fourth-order valence-electron chi connectivity index (χ4n) is 2.88. The highest BCUT2D eigenvalue weighted by Gasteiger charge is 2.45. The first kappa shape index (κ1) is 17.0. The van der Waals surface area contributed by atoms with Crippen LogP contribution in [-0.2, 0) is 4.74 Å². The average molecular weight is 342 g/mol. The molecule has 5 atom stereocenters. The van der Waals surface area contributed by atoms with Crippen molar-refractivity contribution >= 4 is 11.5 Å². The van der Waals surface area contributed by atoms with Crippen molar-refractivity contribution in [1.82, 2.24) is 0 Å². The molecule has 0 saturated carbocycles. The van der Waals surface area contributed by atoms with Crippen LogP contribution in [0.3, 0.4) is 0 Å². The van der Waals surface area contributed by atoms with Gasteiger partial charge >= 0.3 is 0 Å². The predicted molar refractivity (Wildman–Crippen MR) is 77.9 cm³/mol. The zero-order chi connectivity index (χ0) is 17.8. The van der Waals surface area contributed by atoms with Crippen LogP contribution in [0.15, 0.2) is 18.2 Å². The molecule has 1 fully saturated rings. The molecule has 1 aliphatic carbocycles. The van der Waals surface area contributed by atoms with Crippen molar-refractivity contribution in [3.63, 3.8) is 0 Å². The second kappa shape index (κ2) is 5.59. The Balaban J connectivity index is 2.05. The van der Waals surface area contributed by atoms with Crippen LogP contribution in [0, 0.1) is 0 Å². The van der Waals surface area contributed by atoms with E-state index in [0.717, 1.165) is 0 Å². The van der Waals surface area contributed by atoms with Crippen molar-refractivity contribution in [1.29, 1.82) is 0 Å². The van der Waals surface area contributed by atoms with Crippen LogP contribution in [0.25, 0.3) is 11.5 Å². The van der Waals surface area contributed by atoms with Crippen LogP contribution in [-0.4, -0.2) is 72.2 Å². The molecule has 1 aliphatic heterocycles. The number of hydrogen-bond acceptors (Lipinski definition) is 9. The van der Waals surface area contributed by atoms with E-state index >= 15 is 0 Å². The van der Waals surface area contributed by atoms with E-state index in [0.29, 0.717) is 0 Å². The van der Waals surface area contributed by atoms with Gasteiger partial charge in [-0.3, -0.25) is 0 Å². The summed E-state index contributed by atoms with van der Waals surface area (Å²) < 4.78 is 10.6. The first-order valence-corrected chi connectivity index (χ1v) is 7.23. The number of ether oxygens (including phenoxy) is 2. The molecule has 24 heavy (non-hydrogen) atoms. The molecule has 3 rings (SSSR count). The van der Waals surface area contributed by atoms with Crippen LogP contribution in [0.1, 0.15) is 6.92 Å². The number of rotatable bonds is 2. The number of aliphatic hydroxyl groups excluding tert-OH is 5. The Hall–Kier alpha value is -1.88. The van der Waals surface area contributed by atoms with Gasteiger partial charge < -0.3 is 45.2 Å². The highest BCUT2D eigenvalue weighted by atomic mass is 16.6. The lowest BCUT2D eigenvalue weighted by Gasteiger charge is -2.39. The number of fused-ring (bicyclic) bond motifs is 1. The normalized spacial score (nSPS) is 35.0. The van der Waals surface area contributed by atoms with Crippen LogP contribution in [0.2, 0.25) is 0 Å². The van der Waals surface area contributed by atoms with Gasteiger partial charge in [-0.2, -0.15) is 0 Å². The van der Waals surface area contributed by atoms with Crippen molar-refractivity contribution in [2.24, 2.45) is 0 Å². The smallest absolute Gasteiger partial charge is 0.284 e. The monoisotopic (exact) mass is 342 g/mol. The van der Waals surface area contributed by atoms with Crippen molar-refractivity contribution in [3.8, 4) is 5.75 Å². The topological polar surface area (TPSA) is 160 Å². The van der Waals surface area contributed by atoms with Crippen molar-refractivity contribution < 1.29 is 45.2 Å². The first-order valence-electron chi connectivity index (χ1n) is 7.23. The summed E-state index contributed by atoms with van der Waals surface area (Å²) in [5.41, 5.74) is 0. The summed E-state index contributed by atoms with van der Waals surface area (Å²) in [5.74, 6) is -4.79. The van der Waals surface area contributed by atoms with Crippen LogP contribution in [0.4, 0.5) is 0 Å². The summed E-state index contributed by atoms with van der Waals surface area (Å²) in [7, 11) is 0. The minimum atomic E-state index is -2.94. The Morgan fingerprint density at radius 3 is 2.38 bits per heavy atom. The summed E-state index contributed by atoms with van der Waals surface area (Å²) in [4.78, 5) is 0. The van der Waals surface area contributed by atoms with Gasteiger partial charge in [0.15, 0.2) is 23.9 Å². The van der Waals surface area contributed by atoms with Crippen LogP contribution < -0.4 is 15.2 Å². The van der Waals surface area contributed by atoms with Gasteiger partial charge in [-0.1, -0.05) is 12.1 Å². The maximum absolute atomic E-state index is 10.1. The number of benzene rings is 1. The minimum Gasteiger partial charge on any atom is -0.506 e. The second-order valence-corrected chi connectivity index (χ2v) is 5.84. The lowest BCUT2D eigenvalue weighted by molar-refractivity contribution is -0.273. The lowest BCUT2D eigenvalue weighted by Crippen LogP contribution is -2.59. The van der Waals surface area contributed by atoms with E-state index in [2.05, 4.69) is 0 Å². The SMILES string of the molecule is CC1O[C@@H](O)[C@@H](O)[C@H](O)[C@H]1Oc1cccc2c1=C(O)C(O)(O)C=2O. The molecule has 7 N–H and O–H groups in total. The molecule has 1 unspecified atom stereocenters. The number of hydrogen-bond donors (Lipinski definition) is 7. The second-order valence-electron chi connectivity index (χ2n) is 5.84. The third-order valence-electron chi connectivity index (χ3n) is 4.24. The molecule has 0 bridgehead atoms. The van der Waals surface area contributed by atoms with Crippen LogP contribution in [0.5, 0.6) is 5.75 Å². The molecule has 0 spiro atoms. The Labute approximate surface area is 135 Å². The van der Waals surface area contributed by atoms with E-state index in [1.54, 1.807) is 0 Å². The van der Waals surface area contributed by atoms with Gasteiger partial charge in [0, 0.05) is 5.22 Å². The summed E-state index contributed by atoms with van der Waals surface area (Å²) in [6, 6.07) is 4.16. The zero-order valence-electron chi connectivity index (χ0n) is 12.6. The van der Waals surface area contributed by atoms with E-state index in [-0.39, 0.29) is 16.2 Å². The molecular weight excluding hydrogens is 324 g/mol. The third kappa shape index (κ3) is 2.34. The lowest BCUT2D eigenvalue weighted by atomic mass is 9.99. The van der Waals surface area contributed by atoms with E-state index in [1.165, 1.54) is 25.1 Å². The molecule has 9 nitrogen and oxygen atoms in total. The fourth-order valence-corrected chi connectivity index (χ4v) is 2.88. The van der Waals surface area contributed by atoms with E-state index in [9.17, 15) is 35.7 Å². The molecule has 9 heteroatoms.